The van der Waals surface area contributed by atoms with Crippen LogP contribution in [0.25, 0.3) is 0 Å². The van der Waals surface area contributed by atoms with Crippen molar-refractivity contribution >= 4 is 19.8 Å². The van der Waals surface area contributed by atoms with Crippen molar-refractivity contribution < 1.29 is 62.7 Å². The van der Waals surface area contributed by atoms with E-state index in [-0.39, 0.29) is 19.4 Å². The summed E-state index contributed by atoms with van der Waals surface area (Å²) < 4.78 is 38.6. The molecule has 0 spiro atoms. The predicted molar refractivity (Wildman–Crippen MR) is 153 cm³/mol. The van der Waals surface area contributed by atoms with E-state index in [9.17, 15) is 39.5 Å². The van der Waals surface area contributed by atoms with E-state index in [2.05, 4.69) is 6.92 Å². The highest BCUT2D eigenvalue weighted by molar-refractivity contribution is 7.47. The Bertz CT molecular complexity index is 1010. The summed E-state index contributed by atoms with van der Waals surface area (Å²) in [4.78, 5) is 35.0. The third kappa shape index (κ3) is 14.0. The van der Waals surface area contributed by atoms with Gasteiger partial charge in [-0.15, -0.1) is 0 Å². The number of unbranched alkanes of at least 4 members (excludes halogenated alkanes) is 8. The summed E-state index contributed by atoms with van der Waals surface area (Å²) in [6.07, 6.45) is 8.07. The van der Waals surface area contributed by atoms with Crippen LogP contribution in [-0.2, 0) is 28.2 Å². The molecule has 0 fully saturated rings. The average molecular weight is 623 g/mol. The Balaban J connectivity index is 3.01. The van der Waals surface area contributed by atoms with Crippen LogP contribution in [0, 0.1) is 0 Å². The molecular formula is C28H47O13P. The maximum Gasteiger partial charge on any atom is 0.527 e. The predicted octanol–water partition coefficient (Wildman–Crippen LogP) is 5.97. The van der Waals surface area contributed by atoms with Crippen molar-refractivity contribution in [1.29, 1.82) is 0 Å². The molecule has 0 saturated heterocycles. The number of carbonyl (C=O) groups is 2. The SMILES string of the molecule is CCCCCCOC[C@H](COP(=O)(O)Oc1c(O)c(O)c(O)c(O)c1OC(=O)CCCCCC)OC(=O)CCCCC. The Kier molecular flexibility index (Phi) is 18.0. The molecular weight excluding hydrogens is 575 g/mol. The zero-order chi connectivity index (χ0) is 31.5. The first-order valence-corrected chi connectivity index (χ1v) is 16.1. The lowest BCUT2D eigenvalue weighted by Crippen LogP contribution is -2.28. The fraction of sp³-hybridized carbons (Fsp3) is 0.714. The van der Waals surface area contributed by atoms with Crippen LogP contribution in [0.2, 0.25) is 0 Å². The number of hydrogen-bond donors (Lipinski definition) is 5. The highest BCUT2D eigenvalue weighted by Crippen LogP contribution is 2.60. The Morgan fingerprint density at radius 3 is 1.83 bits per heavy atom. The monoisotopic (exact) mass is 622 g/mol. The van der Waals surface area contributed by atoms with Gasteiger partial charge in [0, 0.05) is 19.4 Å². The second kappa shape index (κ2) is 20.2. The molecule has 13 nitrogen and oxygen atoms in total. The van der Waals surface area contributed by atoms with Gasteiger partial charge in [0.2, 0.25) is 34.5 Å². The van der Waals surface area contributed by atoms with E-state index in [1.54, 1.807) is 0 Å². The van der Waals surface area contributed by atoms with Gasteiger partial charge in [-0.25, -0.2) is 4.57 Å². The molecule has 0 aromatic heterocycles. The Labute approximate surface area is 247 Å². The summed E-state index contributed by atoms with van der Waals surface area (Å²) in [6.45, 7) is 5.65. The van der Waals surface area contributed by atoms with Gasteiger partial charge in [-0.05, 0) is 19.3 Å². The largest absolute Gasteiger partial charge is 0.527 e. The molecule has 14 heteroatoms. The number of benzene rings is 1. The highest BCUT2D eigenvalue weighted by Gasteiger charge is 2.35. The Morgan fingerprint density at radius 1 is 0.690 bits per heavy atom. The number of aromatic hydroxyl groups is 4. The van der Waals surface area contributed by atoms with E-state index in [1.165, 1.54) is 0 Å². The molecule has 0 aliphatic heterocycles. The maximum absolute atomic E-state index is 12.8. The molecule has 0 heterocycles. The van der Waals surface area contributed by atoms with Gasteiger partial charge in [0.05, 0.1) is 13.2 Å². The molecule has 242 valence electrons. The molecule has 0 bridgehead atoms. The number of phenols is 4. The lowest BCUT2D eigenvalue weighted by atomic mass is 10.1. The van der Waals surface area contributed by atoms with E-state index in [1.807, 2.05) is 13.8 Å². The lowest BCUT2D eigenvalue weighted by molar-refractivity contribution is -0.154. The standard InChI is InChI=1S/C28H47O13P/c1-4-7-10-13-16-22(30)40-27-25(33)23(31)24(32)26(34)28(27)41-42(35,36)38-19-20(18-37-17-14-11-8-5-2)39-21(29)15-12-9-6-3/h20,31-34H,4-19H2,1-3H3,(H,35,36)/t20-/m1/s1. The van der Waals surface area contributed by atoms with Gasteiger partial charge in [0.1, 0.15) is 6.10 Å². The summed E-state index contributed by atoms with van der Waals surface area (Å²) in [5, 5.41) is 40.4. The van der Waals surface area contributed by atoms with E-state index in [0.29, 0.717) is 19.4 Å². The van der Waals surface area contributed by atoms with Gasteiger partial charge in [0.25, 0.3) is 0 Å². The van der Waals surface area contributed by atoms with Crippen molar-refractivity contribution in [2.45, 2.75) is 110 Å². The summed E-state index contributed by atoms with van der Waals surface area (Å²) in [5.74, 6) is -8.57. The fourth-order valence-corrected chi connectivity index (χ4v) is 4.55. The maximum atomic E-state index is 12.8. The van der Waals surface area contributed by atoms with Crippen LogP contribution in [0.3, 0.4) is 0 Å². The summed E-state index contributed by atoms with van der Waals surface area (Å²) in [6, 6.07) is 0. The number of phenolic OH excluding ortho intramolecular Hbond substituents is 4. The number of carbonyl (C=O) groups excluding carboxylic acids is 2. The number of phosphoric acid groups is 1. The molecule has 42 heavy (non-hydrogen) atoms. The van der Waals surface area contributed by atoms with Crippen molar-refractivity contribution in [3.63, 3.8) is 0 Å². The third-order valence-electron chi connectivity index (χ3n) is 6.12. The average Bonchev–Trinajstić information content (AvgIpc) is 2.95. The molecule has 0 saturated carbocycles. The number of hydrogen-bond acceptors (Lipinski definition) is 12. The lowest BCUT2D eigenvalue weighted by Gasteiger charge is -2.21. The summed E-state index contributed by atoms with van der Waals surface area (Å²) in [7, 11) is -5.18. The smallest absolute Gasteiger partial charge is 0.502 e. The summed E-state index contributed by atoms with van der Waals surface area (Å²) >= 11 is 0. The van der Waals surface area contributed by atoms with Crippen molar-refractivity contribution in [2.24, 2.45) is 0 Å². The minimum Gasteiger partial charge on any atom is -0.502 e. The molecule has 0 aliphatic carbocycles. The highest BCUT2D eigenvalue weighted by atomic mass is 31.2. The first kappa shape index (κ1) is 37.3. The van der Waals surface area contributed by atoms with Crippen LogP contribution >= 0.6 is 7.82 Å². The minimum absolute atomic E-state index is 0.0989. The van der Waals surface area contributed by atoms with Gasteiger partial charge < -0.3 is 39.2 Å². The van der Waals surface area contributed by atoms with Gasteiger partial charge in [-0.1, -0.05) is 72.1 Å². The molecule has 1 rings (SSSR count). The molecule has 0 radical (unpaired) electrons. The second-order valence-electron chi connectivity index (χ2n) is 9.90. The normalized spacial score (nSPS) is 13.3. The minimum atomic E-state index is -5.18. The van der Waals surface area contributed by atoms with E-state index in [4.69, 9.17) is 23.3 Å². The topological polar surface area (TPSA) is 199 Å². The second-order valence-corrected chi connectivity index (χ2v) is 11.3. The zero-order valence-electron chi connectivity index (χ0n) is 24.8. The number of rotatable bonds is 23. The third-order valence-corrected chi connectivity index (χ3v) is 7.01. The van der Waals surface area contributed by atoms with E-state index in [0.717, 1.165) is 57.8 Å². The van der Waals surface area contributed by atoms with Crippen LogP contribution < -0.4 is 9.26 Å². The van der Waals surface area contributed by atoms with Crippen LogP contribution in [-0.4, -0.2) is 63.2 Å². The van der Waals surface area contributed by atoms with Crippen molar-refractivity contribution in [3.05, 3.63) is 0 Å². The van der Waals surface area contributed by atoms with Crippen LogP contribution in [0.5, 0.6) is 34.5 Å². The first-order valence-electron chi connectivity index (χ1n) is 14.6. The number of phosphoric ester groups is 1. The number of esters is 2. The first-order chi connectivity index (χ1) is 20.0. The van der Waals surface area contributed by atoms with Crippen LogP contribution in [0.15, 0.2) is 0 Å². The van der Waals surface area contributed by atoms with E-state index >= 15 is 0 Å². The zero-order valence-corrected chi connectivity index (χ0v) is 25.7. The molecule has 5 N–H and O–H groups in total. The van der Waals surface area contributed by atoms with Crippen molar-refractivity contribution in [1.82, 2.24) is 0 Å². The molecule has 0 aliphatic rings. The van der Waals surface area contributed by atoms with E-state index < -0.39 is 67.0 Å². The van der Waals surface area contributed by atoms with Crippen LogP contribution in [0.4, 0.5) is 0 Å². The Morgan fingerprint density at radius 2 is 1.21 bits per heavy atom. The van der Waals surface area contributed by atoms with Gasteiger partial charge in [-0.3, -0.25) is 19.0 Å². The molecule has 1 unspecified atom stereocenters. The fourth-order valence-electron chi connectivity index (χ4n) is 3.74. The Hall–Kier alpha value is -2.73. The van der Waals surface area contributed by atoms with Crippen LogP contribution in [0.1, 0.15) is 104 Å². The van der Waals surface area contributed by atoms with Crippen molar-refractivity contribution in [2.75, 3.05) is 19.8 Å². The molecule has 1 aromatic carbocycles. The van der Waals surface area contributed by atoms with Gasteiger partial charge in [-0.2, -0.15) is 0 Å². The summed E-state index contributed by atoms with van der Waals surface area (Å²) in [5.41, 5.74) is 0. The quantitative estimate of drug-likeness (QED) is 0.0239. The molecule has 2 atom stereocenters. The molecule has 1 aromatic rings. The molecule has 0 amide bonds. The number of ether oxygens (including phenoxy) is 3. The van der Waals surface area contributed by atoms with Gasteiger partial charge in [0.15, 0.2) is 0 Å². The van der Waals surface area contributed by atoms with Crippen molar-refractivity contribution in [3.8, 4) is 34.5 Å². The van der Waals surface area contributed by atoms with Gasteiger partial charge >= 0.3 is 19.8 Å².